The van der Waals surface area contributed by atoms with Crippen molar-refractivity contribution in [3.05, 3.63) is 70.7 Å². The molecule has 11 heteroatoms. The summed E-state index contributed by atoms with van der Waals surface area (Å²) in [6.07, 6.45) is -1.70. The third-order valence-electron chi connectivity index (χ3n) is 6.99. The standard InChI is InChI=1S/C27H28F4N6O/c1-4-38-21-5-6-23(22(28)14-21)37-17(3)24-16(2)33-34-25(26(24)35-37)18-8-11-36(12-9-18)15-20-13-19(7-10-32-20)27(29,30)31/h5-7,10,13-14,18H,4,8-9,11-12,15H2,1-3H3. The van der Waals surface area contributed by atoms with Gasteiger partial charge in [0.05, 0.1) is 34.9 Å². The Morgan fingerprint density at radius 3 is 2.50 bits per heavy atom. The molecule has 38 heavy (non-hydrogen) atoms. The van der Waals surface area contributed by atoms with Crippen molar-refractivity contribution >= 4 is 10.9 Å². The van der Waals surface area contributed by atoms with E-state index < -0.39 is 17.6 Å². The number of pyridine rings is 1. The predicted molar refractivity (Wildman–Crippen MR) is 134 cm³/mol. The highest BCUT2D eigenvalue weighted by molar-refractivity contribution is 5.86. The van der Waals surface area contributed by atoms with E-state index in [-0.39, 0.29) is 5.92 Å². The number of benzene rings is 1. The van der Waals surface area contributed by atoms with Crippen molar-refractivity contribution < 1.29 is 22.3 Å². The van der Waals surface area contributed by atoms with E-state index >= 15 is 0 Å². The van der Waals surface area contributed by atoms with Gasteiger partial charge in [0, 0.05) is 30.1 Å². The molecular weight excluding hydrogens is 500 g/mol. The highest BCUT2D eigenvalue weighted by atomic mass is 19.4. The molecule has 1 aromatic carbocycles. The summed E-state index contributed by atoms with van der Waals surface area (Å²) < 4.78 is 61.2. The number of piperidine rings is 1. The van der Waals surface area contributed by atoms with Gasteiger partial charge in [0.1, 0.15) is 17.0 Å². The minimum Gasteiger partial charge on any atom is -0.494 e. The topological polar surface area (TPSA) is 69.0 Å². The number of aromatic nitrogens is 5. The Balaban J connectivity index is 1.38. The van der Waals surface area contributed by atoms with Crippen LogP contribution in [0.5, 0.6) is 5.75 Å². The van der Waals surface area contributed by atoms with E-state index in [1.807, 2.05) is 20.8 Å². The molecule has 200 valence electrons. The third-order valence-corrected chi connectivity index (χ3v) is 6.99. The Hall–Kier alpha value is -3.60. The molecular formula is C27H28F4N6O. The fourth-order valence-electron chi connectivity index (χ4n) is 5.10. The van der Waals surface area contributed by atoms with Gasteiger partial charge >= 0.3 is 6.18 Å². The zero-order valence-corrected chi connectivity index (χ0v) is 21.4. The maximum absolute atomic E-state index is 15.0. The molecule has 1 aliphatic heterocycles. The van der Waals surface area contributed by atoms with Crippen LogP contribution in [0.25, 0.3) is 16.6 Å². The van der Waals surface area contributed by atoms with Gasteiger partial charge in [-0.25, -0.2) is 9.07 Å². The molecule has 3 aromatic heterocycles. The van der Waals surface area contributed by atoms with Gasteiger partial charge in [0.25, 0.3) is 0 Å². The van der Waals surface area contributed by atoms with Gasteiger partial charge in [0.2, 0.25) is 0 Å². The molecule has 0 saturated carbocycles. The molecule has 0 unspecified atom stereocenters. The molecule has 0 radical (unpaired) electrons. The third kappa shape index (κ3) is 5.07. The summed E-state index contributed by atoms with van der Waals surface area (Å²) >= 11 is 0. The lowest BCUT2D eigenvalue weighted by Gasteiger charge is -2.31. The van der Waals surface area contributed by atoms with Crippen LogP contribution < -0.4 is 4.74 Å². The van der Waals surface area contributed by atoms with Gasteiger partial charge in [-0.05, 0) is 71.0 Å². The first-order valence-corrected chi connectivity index (χ1v) is 12.6. The SMILES string of the molecule is CCOc1ccc(-n2nc3c(C4CCN(Cc5cc(C(F)(F)F)ccn5)CC4)nnc(C)c3c2C)c(F)c1. The summed E-state index contributed by atoms with van der Waals surface area (Å²) in [5.74, 6) is 0.0862. The summed E-state index contributed by atoms with van der Waals surface area (Å²) in [6, 6.07) is 6.81. The van der Waals surface area contributed by atoms with Crippen LogP contribution >= 0.6 is 0 Å². The van der Waals surface area contributed by atoms with Crippen LogP contribution in [0.1, 0.15) is 54.0 Å². The van der Waals surface area contributed by atoms with Gasteiger partial charge in [-0.3, -0.25) is 9.88 Å². The second-order valence-electron chi connectivity index (χ2n) is 9.52. The van der Waals surface area contributed by atoms with Crippen LogP contribution in [-0.4, -0.2) is 49.6 Å². The molecule has 7 nitrogen and oxygen atoms in total. The smallest absolute Gasteiger partial charge is 0.416 e. The van der Waals surface area contributed by atoms with Crippen molar-refractivity contribution in [1.82, 2.24) is 29.9 Å². The Morgan fingerprint density at radius 2 is 1.82 bits per heavy atom. The van der Waals surface area contributed by atoms with Crippen molar-refractivity contribution in [2.24, 2.45) is 0 Å². The molecule has 1 aliphatic rings. The molecule has 0 spiro atoms. The summed E-state index contributed by atoms with van der Waals surface area (Å²) in [6.45, 7) is 7.72. The lowest BCUT2D eigenvalue weighted by Crippen LogP contribution is -2.33. The number of hydrogen-bond acceptors (Lipinski definition) is 6. The molecule has 0 aliphatic carbocycles. The maximum Gasteiger partial charge on any atom is 0.416 e. The van der Waals surface area contributed by atoms with E-state index in [1.54, 1.807) is 16.8 Å². The molecule has 1 fully saturated rings. The van der Waals surface area contributed by atoms with E-state index in [2.05, 4.69) is 20.1 Å². The number of rotatable bonds is 6. The Bertz CT molecular complexity index is 1460. The first kappa shape index (κ1) is 26.0. The monoisotopic (exact) mass is 528 g/mol. The summed E-state index contributed by atoms with van der Waals surface area (Å²) in [5.41, 5.74) is 2.96. The molecule has 5 rings (SSSR count). The molecule has 1 saturated heterocycles. The second kappa shape index (κ2) is 10.3. The summed E-state index contributed by atoms with van der Waals surface area (Å²) in [7, 11) is 0. The molecule has 0 atom stereocenters. The van der Waals surface area contributed by atoms with Crippen molar-refractivity contribution in [1.29, 1.82) is 0 Å². The number of hydrogen-bond donors (Lipinski definition) is 0. The van der Waals surface area contributed by atoms with Crippen LogP contribution in [0, 0.1) is 19.7 Å². The number of fused-ring (bicyclic) bond motifs is 1. The van der Waals surface area contributed by atoms with Crippen molar-refractivity contribution in [2.75, 3.05) is 19.7 Å². The Labute approximate surface area is 217 Å². The first-order valence-electron chi connectivity index (χ1n) is 12.6. The number of halogens is 4. The number of likely N-dealkylation sites (tertiary alicyclic amines) is 1. The molecule has 0 amide bonds. The fourth-order valence-corrected chi connectivity index (χ4v) is 5.10. The van der Waals surface area contributed by atoms with E-state index in [9.17, 15) is 17.6 Å². The minimum atomic E-state index is -4.39. The second-order valence-corrected chi connectivity index (χ2v) is 9.52. The number of alkyl halides is 3. The average molecular weight is 529 g/mol. The largest absolute Gasteiger partial charge is 0.494 e. The highest BCUT2D eigenvalue weighted by Gasteiger charge is 2.31. The summed E-state index contributed by atoms with van der Waals surface area (Å²) in [5, 5.41) is 14.5. The van der Waals surface area contributed by atoms with Gasteiger partial charge in [-0.15, -0.1) is 0 Å². The zero-order valence-electron chi connectivity index (χ0n) is 21.4. The summed E-state index contributed by atoms with van der Waals surface area (Å²) in [4.78, 5) is 6.22. The van der Waals surface area contributed by atoms with Crippen LogP contribution in [-0.2, 0) is 12.7 Å². The van der Waals surface area contributed by atoms with Crippen LogP contribution in [0.15, 0.2) is 36.5 Å². The van der Waals surface area contributed by atoms with Crippen LogP contribution in [0.4, 0.5) is 17.6 Å². The van der Waals surface area contributed by atoms with Gasteiger partial charge in [-0.1, -0.05) is 0 Å². The maximum atomic E-state index is 15.0. The average Bonchev–Trinajstić information content (AvgIpc) is 3.22. The first-order chi connectivity index (χ1) is 18.2. The normalized spacial score (nSPS) is 15.3. The molecule has 0 N–H and O–H groups in total. The lowest BCUT2D eigenvalue weighted by molar-refractivity contribution is -0.137. The van der Waals surface area contributed by atoms with E-state index in [0.717, 1.165) is 41.7 Å². The van der Waals surface area contributed by atoms with Crippen molar-refractivity contribution in [3.63, 3.8) is 0 Å². The van der Waals surface area contributed by atoms with Gasteiger partial charge in [-0.2, -0.15) is 28.5 Å². The predicted octanol–water partition coefficient (Wildman–Crippen LogP) is 5.76. The fraction of sp³-hybridized carbons (Fsp3) is 0.407. The van der Waals surface area contributed by atoms with Gasteiger partial charge in [0.15, 0.2) is 5.82 Å². The Morgan fingerprint density at radius 1 is 1.05 bits per heavy atom. The van der Waals surface area contributed by atoms with E-state index in [0.29, 0.717) is 54.6 Å². The Kier molecular flexibility index (Phi) is 7.04. The minimum absolute atomic E-state index is 0.0734. The molecule has 4 aromatic rings. The molecule has 4 heterocycles. The molecule has 0 bridgehead atoms. The van der Waals surface area contributed by atoms with Crippen molar-refractivity contribution in [2.45, 2.75) is 52.3 Å². The lowest BCUT2D eigenvalue weighted by atomic mass is 9.92. The van der Waals surface area contributed by atoms with Crippen LogP contribution in [0.2, 0.25) is 0 Å². The number of nitrogens with zero attached hydrogens (tertiary/aromatic N) is 6. The van der Waals surface area contributed by atoms with Gasteiger partial charge < -0.3 is 4.74 Å². The zero-order chi connectivity index (χ0) is 27.0. The van der Waals surface area contributed by atoms with E-state index in [4.69, 9.17) is 9.84 Å². The van der Waals surface area contributed by atoms with Crippen molar-refractivity contribution in [3.8, 4) is 11.4 Å². The number of aryl methyl sites for hydroxylation is 2. The number of ether oxygens (including phenoxy) is 1. The highest BCUT2D eigenvalue weighted by Crippen LogP contribution is 2.35. The van der Waals surface area contributed by atoms with E-state index in [1.165, 1.54) is 12.3 Å². The quantitative estimate of drug-likeness (QED) is 0.296. The van der Waals surface area contributed by atoms with Crippen LogP contribution in [0.3, 0.4) is 0 Å².